The van der Waals surface area contributed by atoms with Crippen LogP contribution in [-0.2, 0) is 11.2 Å². The molecule has 0 saturated carbocycles. The lowest BCUT2D eigenvalue weighted by molar-refractivity contribution is -0.139. The van der Waals surface area contributed by atoms with Crippen molar-refractivity contribution < 1.29 is 9.90 Å². The molecule has 0 radical (unpaired) electrons. The van der Waals surface area contributed by atoms with Crippen molar-refractivity contribution in [2.75, 3.05) is 0 Å². The predicted octanol–water partition coefficient (Wildman–Crippen LogP) is 1.36. The maximum absolute atomic E-state index is 10.7. The van der Waals surface area contributed by atoms with Gasteiger partial charge >= 0.3 is 5.97 Å². The SMILES string of the molecule is N[C@@](Br)(Cc1ccccc1)C(=O)O. The summed E-state index contributed by atoms with van der Waals surface area (Å²) in [4.78, 5) is 10.7. The zero-order chi connectivity index (χ0) is 9.90. The number of aliphatic carboxylic acids is 1. The number of rotatable bonds is 3. The number of halogens is 1. The van der Waals surface area contributed by atoms with Crippen molar-refractivity contribution >= 4 is 21.9 Å². The van der Waals surface area contributed by atoms with Crippen molar-refractivity contribution in [3.05, 3.63) is 35.9 Å². The predicted molar refractivity (Wildman–Crippen MR) is 53.6 cm³/mol. The van der Waals surface area contributed by atoms with Crippen molar-refractivity contribution in [1.82, 2.24) is 0 Å². The van der Waals surface area contributed by atoms with Crippen LogP contribution in [0, 0.1) is 0 Å². The van der Waals surface area contributed by atoms with Crippen LogP contribution >= 0.6 is 15.9 Å². The van der Waals surface area contributed by atoms with Crippen molar-refractivity contribution in [1.29, 1.82) is 0 Å². The molecule has 0 saturated heterocycles. The molecule has 3 nitrogen and oxygen atoms in total. The van der Waals surface area contributed by atoms with Gasteiger partial charge in [0.2, 0.25) is 0 Å². The van der Waals surface area contributed by atoms with Gasteiger partial charge < -0.3 is 10.8 Å². The van der Waals surface area contributed by atoms with Crippen LogP contribution in [0.25, 0.3) is 0 Å². The summed E-state index contributed by atoms with van der Waals surface area (Å²) in [5.41, 5.74) is 6.40. The van der Waals surface area contributed by atoms with Crippen LogP contribution in [0.5, 0.6) is 0 Å². The van der Waals surface area contributed by atoms with Gasteiger partial charge in [-0.2, -0.15) is 0 Å². The molecular formula is C9H10BrNO2. The number of carbonyl (C=O) groups is 1. The monoisotopic (exact) mass is 243 g/mol. The number of hydrogen-bond acceptors (Lipinski definition) is 2. The maximum atomic E-state index is 10.7. The first-order valence-electron chi connectivity index (χ1n) is 3.77. The number of alkyl halides is 1. The Labute approximate surface area is 84.7 Å². The second kappa shape index (κ2) is 3.89. The summed E-state index contributed by atoms with van der Waals surface area (Å²) in [6.07, 6.45) is 0.267. The van der Waals surface area contributed by atoms with E-state index in [9.17, 15) is 4.79 Å². The van der Waals surface area contributed by atoms with E-state index in [4.69, 9.17) is 10.8 Å². The summed E-state index contributed by atoms with van der Waals surface area (Å²) in [6, 6.07) is 9.24. The van der Waals surface area contributed by atoms with E-state index >= 15 is 0 Å². The number of benzene rings is 1. The highest BCUT2D eigenvalue weighted by molar-refractivity contribution is 9.10. The zero-order valence-electron chi connectivity index (χ0n) is 6.90. The fourth-order valence-electron chi connectivity index (χ4n) is 0.969. The molecule has 0 aliphatic carbocycles. The molecule has 0 aliphatic rings. The fourth-order valence-corrected chi connectivity index (χ4v) is 1.29. The molecule has 13 heavy (non-hydrogen) atoms. The first-order chi connectivity index (χ1) is 6.02. The molecule has 70 valence electrons. The minimum atomic E-state index is -1.37. The van der Waals surface area contributed by atoms with Crippen LogP contribution in [0.2, 0.25) is 0 Å². The average Bonchev–Trinajstić information content (AvgIpc) is 2.05. The Balaban J connectivity index is 2.75. The standard InChI is InChI=1S/C9H10BrNO2/c10-9(11,8(12)13)6-7-4-2-1-3-5-7/h1-5H,6,11H2,(H,12,13)/t9-/m0/s1. The van der Waals surface area contributed by atoms with Crippen LogP contribution in [0.1, 0.15) is 5.56 Å². The quantitative estimate of drug-likeness (QED) is 0.623. The summed E-state index contributed by atoms with van der Waals surface area (Å²) in [6.45, 7) is 0. The van der Waals surface area contributed by atoms with Gasteiger partial charge in [-0.25, -0.2) is 4.79 Å². The lowest BCUT2D eigenvalue weighted by atomic mass is 10.1. The zero-order valence-corrected chi connectivity index (χ0v) is 8.49. The van der Waals surface area contributed by atoms with Crippen LogP contribution < -0.4 is 5.73 Å². The normalized spacial score (nSPS) is 14.9. The van der Waals surface area contributed by atoms with Gasteiger partial charge in [0, 0.05) is 6.42 Å². The molecule has 1 rings (SSSR count). The van der Waals surface area contributed by atoms with E-state index < -0.39 is 10.4 Å². The van der Waals surface area contributed by atoms with E-state index in [0.29, 0.717) is 0 Å². The molecule has 0 aliphatic heterocycles. The highest BCUT2D eigenvalue weighted by atomic mass is 79.9. The summed E-state index contributed by atoms with van der Waals surface area (Å²) in [5.74, 6) is -1.06. The van der Waals surface area contributed by atoms with Gasteiger partial charge in [0.05, 0.1) is 0 Å². The number of hydrogen-bond donors (Lipinski definition) is 2. The van der Waals surface area contributed by atoms with Crippen molar-refractivity contribution in [3.8, 4) is 0 Å². The van der Waals surface area contributed by atoms with Gasteiger partial charge in [-0.05, 0) is 5.56 Å². The van der Waals surface area contributed by atoms with Crippen LogP contribution in [0.15, 0.2) is 30.3 Å². The third-order valence-electron chi connectivity index (χ3n) is 1.66. The van der Waals surface area contributed by atoms with E-state index in [-0.39, 0.29) is 6.42 Å². The largest absolute Gasteiger partial charge is 0.479 e. The highest BCUT2D eigenvalue weighted by Crippen LogP contribution is 2.17. The first kappa shape index (κ1) is 10.2. The molecule has 0 unspecified atom stereocenters. The average molecular weight is 244 g/mol. The van der Waals surface area contributed by atoms with Gasteiger partial charge in [0.25, 0.3) is 0 Å². The summed E-state index contributed by atoms with van der Waals surface area (Å²) >= 11 is 2.96. The highest BCUT2D eigenvalue weighted by Gasteiger charge is 2.30. The first-order valence-corrected chi connectivity index (χ1v) is 4.57. The smallest absolute Gasteiger partial charge is 0.335 e. The molecule has 1 atom stereocenters. The van der Waals surface area contributed by atoms with Crippen molar-refractivity contribution in [2.24, 2.45) is 5.73 Å². The summed E-state index contributed by atoms with van der Waals surface area (Å²) in [5, 5.41) is 8.73. The minimum absolute atomic E-state index is 0.267. The van der Waals surface area contributed by atoms with Gasteiger partial charge in [0.1, 0.15) is 0 Å². The molecule has 0 spiro atoms. The number of carboxylic acids is 1. The van der Waals surface area contributed by atoms with Crippen molar-refractivity contribution in [3.63, 3.8) is 0 Å². The lowest BCUT2D eigenvalue weighted by Gasteiger charge is -2.16. The van der Waals surface area contributed by atoms with E-state index in [0.717, 1.165) is 5.56 Å². The van der Waals surface area contributed by atoms with Gasteiger partial charge in [0.15, 0.2) is 4.45 Å². The Morgan fingerprint density at radius 1 is 1.46 bits per heavy atom. The molecule has 4 heteroatoms. The Kier molecular flexibility index (Phi) is 3.06. The van der Waals surface area contributed by atoms with Gasteiger partial charge in [-0.15, -0.1) is 0 Å². The van der Waals surface area contributed by atoms with E-state index in [2.05, 4.69) is 15.9 Å². The van der Waals surface area contributed by atoms with Crippen LogP contribution in [0.3, 0.4) is 0 Å². The van der Waals surface area contributed by atoms with E-state index in [1.807, 2.05) is 30.3 Å². The molecule has 0 aromatic heterocycles. The Morgan fingerprint density at radius 2 is 2.00 bits per heavy atom. The van der Waals surface area contributed by atoms with E-state index in [1.54, 1.807) is 0 Å². The maximum Gasteiger partial charge on any atom is 0.335 e. The topological polar surface area (TPSA) is 63.3 Å². The number of nitrogens with two attached hydrogens (primary N) is 1. The fraction of sp³-hybridized carbons (Fsp3) is 0.222. The molecule has 0 fully saturated rings. The van der Waals surface area contributed by atoms with Crippen LogP contribution in [0.4, 0.5) is 0 Å². The second-order valence-corrected chi connectivity index (χ2v) is 4.25. The molecule has 3 N–H and O–H groups in total. The summed E-state index contributed by atoms with van der Waals surface area (Å²) < 4.78 is -1.37. The molecule has 0 amide bonds. The minimum Gasteiger partial charge on any atom is -0.479 e. The van der Waals surface area contributed by atoms with Gasteiger partial charge in [-0.1, -0.05) is 46.3 Å². The lowest BCUT2D eigenvalue weighted by Crippen LogP contribution is -2.43. The molecule has 1 aromatic carbocycles. The molecule has 1 aromatic rings. The summed E-state index contributed by atoms with van der Waals surface area (Å²) in [7, 11) is 0. The van der Waals surface area contributed by atoms with Gasteiger partial charge in [-0.3, -0.25) is 0 Å². The second-order valence-electron chi connectivity index (χ2n) is 2.83. The third kappa shape index (κ3) is 2.82. The Morgan fingerprint density at radius 3 is 2.46 bits per heavy atom. The van der Waals surface area contributed by atoms with E-state index in [1.165, 1.54) is 0 Å². The number of carboxylic acid groups (broad SMARTS) is 1. The van der Waals surface area contributed by atoms with Crippen molar-refractivity contribution in [2.45, 2.75) is 10.9 Å². The Hall–Kier alpha value is -0.870. The third-order valence-corrected chi connectivity index (χ3v) is 2.28. The molecule has 0 heterocycles. The van der Waals surface area contributed by atoms with Crippen LogP contribution in [-0.4, -0.2) is 15.5 Å². The molecule has 0 bridgehead atoms. The molecular weight excluding hydrogens is 234 g/mol. The Bertz CT molecular complexity index is 298.